The fourth-order valence-electron chi connectivity index (χ4n) is 3.35. The van der Waals surface area contributed by atoms with E-state index in [-0.39, 0.29) is 17.8 Å². The molecule has 1 aliphatic rings. The summed E-state index contributed by atoms with van der Waals surface area (Å²) in [5, 5.41) is 6.44. The smallest absolute Gasteiger partial charge is 0.298 e. The van der Waals surface area contributed by atoms with Gasteiger partial charge >= 0.3 is 0 Å². The van der Waals surface area contributed by atoms with E-state index in [1.807, 2.05) is 0 Å². The molecular weight excluding hydrogens is 360 g/mol. The van der Waals surface area contributed by atoms with Crippen molar-refractivity contribution in [1.82, 2.24) is 9.97 Å². The first kappa shape index (κ1) is 19.6. The number of primary amides is 1. The lowest BCUT2D eigenvalue weighted by atomic mass is 9.91. The summed E-state index contributed by atoms with van der Waals surface area (Å²) < 4.78 is 4.88. The minimum absolute atomic E-state index is 0.0717. The van der Waals surface area contributed by atoms with Crippen molar-refractivity contribution in [2.75, 3.05) is 10.6 Å². The van der Waals surface area contributed by atoms with Crippen LogP contribution in [0.4, 0.5) is 17.2 Å². The van der Waals surface area contributed by atoms with Crippen molar-refractivity contribution in [2.24, 2.45) is 11.5 Å². The molecule has 9 nitrogen and oxygen atoms in total. The van der Waals surface area contributed by atoms with Gasteiger partial charge in [0.05, 0.1) is 17.6 Å². The monoisotopic (exact) mass is 384 g/mol. The maximum Gasteiger partial charge on any atom is 0.298 e. The molecule has 0 radical (unpaired) electrons. The third-order valence-electron chi connectivity index (χ3n) is 4.67. The molecule has 28 heavy (non-hydrogen) atoms. The number of aryl methyl sites for hydroxylation is 1. The first-order valence-electron chi connectivity index (χ1n) is 9.14. The minimum Gasteiger partial charge on any atom is -0.429 e. The maximum absolute atomic E-state index is 11.8. The summed E-state index contributed by atoms with van der Waals surface area (Å²) in [7, 11) is 0. The molecule has 6 N–H and O–H groups in total. The van der Waals surface area contributed by atoms with Gasteiger partial charge in [0, 0.05) is 29.9 Å². The van der Waals surface area contributed by atoms with E-state index >= 15 is 0 Å². The highest BCUT2D eigenvalue weighted by Crippen LogP contribution is 2.27. The van der Waals surface area contributed by atoms with Crippen LogP contribution in [-0.2, 0) is 4.79 Å². The maximum atomic E-state index is 11.8. The lowest BCUT2D eigenvalue weighted by molar-refractivity contribution is -0.120. The molecule has 2 atom stereocenters. The van der Waals surface area contributed by atoms with Gasteiger partial charge in [0.2, 0.25) is 0 Å². The molecule has 2 aromatic heterocycles. The first-order valence-corrected chi connectivity index (χ1v) is 9.14. The van der Waals surface area contributed by atoms with E-state index in [1.54, 1.807) is 31.3 Å². The number of hydrogen-bond donors (Lipinski definition) is 4. The molecule has 1 aliphatic carbocycles. The quantitative estimate of drug-likeness (QED) is 0.529. The summed E-state index contributed by atoms with van der Waals surface area (Å²) in [6.45, 7) is 2.10. The summed E-state index contributed by atoms with van der Waals surface area (Å²) in [4.78, 5) is 30.9. The lowest BCUT2D eigenvalue weighted by Crippen LogP contribution is -2.42. The predicted molar refractivity (Wildman–Crippen MR) is 106 cm³/mol. The highest BCUT2D eigenvalue weighted by molar-refractivity contribution is 5.97. The molecule has 3 rings (SSSR count). The Bertz CT molecular complexity index is 873. The zero-order valence-electron chi connectivity index (χ0n) is 15.6. The van der Waals surface area contributed by atoms with E-state index in [2.05, 4.69) is 20.6 Å². The fourth-order valence-corrected chi connectivity index (χ4v) is 3.35. The Hall–Kier alpha value is -3.20. The number of pyridine rings is 2. The van der Waals surface area contributed by atoms with Crippen LogP contribution < -0.4 is 26.8 Å². The molecule has 1 saturated carbocycles. The summed E-state index contributed by atoms with van der Waals surface area (Å²) >= 11 is 0. The number of nitrogens with zero attached hydrogens (tertiary/aromatic N) is 2. The van der Waals surface area contributed by atoms with E-state index in [9.17, 15) is 9.59 Å². The standard InChI is InChI=1S/C19H24N6O3/c1-11-6-13(28-10-26)8-17(23-11)25-16-7-12(9-22-18(16)19(21)27)24-15-5-3-2-4-14(15)20/h6-10,14-15,24H,2-5,20H2,1H3,(H2,21,27)(H,23,25)/t14-,15+/m0/s1. The number of hydrogen-bond acceptors (Lipinski definition) is 8. The Labute approximate surface area is 162 Å². The van der Waals surface area contributed by atoms with Crippen LogP contribution in [0.3, 0.4) is 0 Å². The summed E-state index contributed by atoms with van der Waals surface area (Å²) in [6.07, 6.45) is 5.78. The summed E-state index contributed by atoms with van der Waals surface area (Å²) in [5.74, 6) is 0.0640. The van der Waals surface area contributed by atoms with Crippen LogP contribution in [0.15, 0.2) is 24.4 Å². The molecule has 148 valence electrons. The largest absolute Gasteiger partial charge is 0.429 e. The Balaban J connectivity index is 1.88. The number of nitrogens with two attached hydrogens (primary N) is 2. The third-order valence-corrected chi connectivity index (χ3v) is 4.67. The van der Waals surface area contributed by atoms with Crippen LogP contribution in [0.5, 0.6) is 5.75 Å². The van der Waals surface area contributed by atoms with Gasteiger partial charge in [-0.3, -0.25) is 9.59 Å². The average molecular weight is 384 g/mol. The molecule has 9 heteroatoms. The highest BCUT2D eigenvalue weighted by Gasteiger charge is 2.22. The van der Waals surface area contributed by atoms with Crippen LogP contribution in [-0.4, -0.2) is 34.4 Å². The summed E-state index contributed by atoms with van der Waals surface area (Å²) in [5.41, 5.74) is 13.5. The van der Waals surface area contributed by atoms with E-state index in [0.29, 0.717) is 29.4 Å². The Morgan fingerprint density at radius 3 is 2.79 bits per heavy atom. The topological polar surface area (TPSA) is 145 Å². The van der Waals surface area contributed by atoms with Gasteiger partial charge in [-0.05, 0) is 25.8 Å². The number of carbonyl (C=O) groups excluding carboxylic acids is 2. The van der Waals surface area contributed by atoms with Crippen LogP contribution in [0.25, 0.3) is 0 Å². The number of anilines is 3. The highest BCUT2D eigenvalue weighted by atomic mass is 16.5. The van der Waals surface area contributed by atoms with Gasteiger partial charge in [0.25, 0.3) is 12.4 Å². The van der Waals surface area contributed by atoms with Crippen LogP contribution in [0.1, 0.15) is 41.9 Å². The third kappa shape index (κ3) is 4.74. The number of rotatable bonds is 7. The molecule has 0 saturated heterocycles. The van der Waals surface area contributed by atoms with Crippen molar-refractivity contribution in [3.05, 3.63) is 35.8 Å². The predicted octanol–water partition coefficient (Wildman–Crippen LogP) is 1.84. The SMILES string of the molecule is Cc1cc(OC=O)cc(Nc2cc(N[C@@H]3CCCC[C@@H]3N)cnc2C(N)=O)n1. The number of carbonyl (C=O) groups is 2. The van der Waals surface area contributed by atoms with Crippen molar-refractivity contribution in [1.29, 1.82) is 0 Å². The van der Waals surface area contributed by atoms with Crippen molar-refractivity contribution in [3.63, 3.8) is 0 Å². The fraction of sp³-hybridized carbons (Fsp3) is 0.368. The zero-order valence-corrected chi connectivity index (χ0v) is 15.6. The van der Waals surface area contributed by atoms with Gasteiger partial charge in [-0.25, -0.2) is 9.97 Å². The molecule has 1 amide bonds. The zero-order chi connectivity index (χ0) is 20.1. The average Bonchev–Trinajstić information content (AvgIpc) is 2.63. The van der Waals surface area contributed by atoms with Gasteiger partial charge < -0.3 is 26.8 Å². The first-order chi connectivity index (χ1) is 13.5. The summed E-state index contributed by atoms with van der Waals surface area (Å²) in [6, 6.07) is 5.13. The van der Waals surface area contributed by atoms with Gasteiger partial charge in [0.1, 0.15) is 11.6 Å². The lowest BCUT2D eigenvalue weighted by Gasteiger charge is -2.30. The van der Waals surface area contributed by atoms with E-state index < -0.39 is 5.91 Å². The van der Waals surface area contributed by atoms with Gasteiger partial charge in [-0.2, -0.15) is 0 Å². The Morgan fingerprint density at radius 2 is 2.07 bits per heavy atom. The number of ether oxygens (including phenoxy) is 1. The second kappa shape index (κ2) is 8.66. The normalized spacial score (nSPS) is 18.9. The van der Waals surface area contributed by atoms with Crippen molar-refractivity contribution in [3.8, 4) is 5.75 Å². The Morgan fingerprint density at radius 1 is 1.29 bits per heavy atom. The number of aromatic nitrogens is 2. The number of nitrogens with one attached hydrogen (secondary N) is 2. The molecule has 0 unspecified atom stereocenters. The van der Waals surface area contributed by atoms with Crippen LogP contribution in [0.2, 0.25) is 0 Å². The van der Waals surface area contributed by atoms with Crippen LogP contribution in [0, 0.1) is 6.92 Å². The molecular formula is C19H24N6O3. The van der Waals surface area contributed by atoms with Gasteiger partial charge in [0.15, 0.2) is 5.69 Å². The van der Waals surface area contributed by atoms with E-state index in [4.69, 9.17) is 16.2 Å². The minimum atomic E-state index is -0.666. The van der Waals surface area contributed by atoms with E-state index in [1.165, 1.54) is 0 Å². The molecule has 0 spiro atoms. The van der Waals surface area contributed by atoms with Crippen LogP contribution >= 0.6 is 0 Å². The molecule has 0 bridgehead atoms. The van der Waals surface area contributed by atoms with Crippen molar-refractivity contribution in [2.45, 2.75) is 44.7 Å². The number of amides is 1. The molecule has 2 aromatic rings. The Kier molecular flexibility index (Phi) is 6.05. The van der Waals surface area contributed by atoms with Crippen molar-refractivity contribution >= 4 is 29.6 Å². The molecule has 2 heterocycles. The second-order valence-corrected chi connectivity index (χ2v) is 6.85. The van der Waals surface area contributed by atoms with Crippen molar-refractivity contribution < 1.29 is 14.3 Å². The van der Waals surface area contributed by atoms with E-state index in [0.717, 1.165) is 31.4 Å². The molecule has 0 aliphatic heterocycles. The second-order valence-electron chi connectivity index (χ2n) is 6.85. The van der Waals surface area contributed by atoms with Gasteiger partial charge in [-0.15, -0.1) is 0 Å². The van der Waals surface area contributed by atoms with Gasteiger partial charge in [-0.1, -0.05) is 12.8 Å². The molecule has 0 aromatic carbocycles. The molecule has 1 fully saturated rings.